The van der Waals surface area contributed by atoms with Crippen LogP contribution in [0.1, 0.15) is 17.7 Å². The molecular weight excluding hydrogens is 391 g/mol. The van der Waals surface area contributed by atoms with Crippen LogP contribution in [0.3, 0.4) is 0 Å². The van der Waals surface area contributed by atoms with Gasteiger partial charge in [-0.05, 0) is 5.53 Å². The van der Waals surface area contributed by atoms with Gasteiger partial charge in [0.1, 0.15) is 41.3 Å². The van der Waals surface area contributed by atoms with Crippen molar-refractivity contribution in [1.82, 2.24) is 4.98 Å². The second-order valence-electron chi connectivity index (χ2n) is 5.38. The fraction of sp³-hybridized carbons (Fsp3) is 0.571. The summed E-state index contributed by atoms with van der Waals surface area (Å²) in [5.74, 6) is -0.0599. The van der Waals surface area contributed by atoms with Crippen LogP contribution in [0.15, 0.2) is 17.5 Å². The molecule has 1 saturated heterocycles. The summed E-state index contributed by atoms with van der Waals surface area (Å²) in [6.45, 7) is -0.170. The van der Waals surface area contributed by atoms with Crippen molar-refractivity contribution in [3.05, 3.63) is 34.0 Å². The highest BCUT2D eigenvalue weighted by atomic mass is 32.1. The Bertz CT molecular complexity index is 753. The Morgan fingerprint density at radius 1 is 1.52 bits per heavy atom. The van der Waals surface area contributed by atoms with Gasteiger partial charge in [-0.15, -0.1) is 12.6 Å². The van der Waals surface area contributed by atoms with Crippen LogP contribution in [0.25, 0.3) is 10.4 Å². The van der Waals surface area contributed by atoms with Crippen molar-refractivity contribution in [1.29, 1.82) is 5.26 Å². The second kappa shape index (κ2) is 9.01. The van der Waals surface area contributed by atoms with Crippen LogP contribution >= 0.6 is 12.6 Å². The number of rotatable bonds is 6. The molecular formula is C14H14F3N5O4S. The largest absolute Gasteiger partial charge is 0.489 e. The van der Waals surface area contributed by atoms with Gasteiger partial charge in [-0.1, -0.05) is 0 Å². The maximum atomic E-state index is 12.8. The number of pyridine rings is 1. The predicted octanol–water partition coefficient (Wildman–Crippen LogP) is 3.02. The topological polar surface area (TPSA) is 122 Å². The maximum absolute atomic E-state index is 12.8. The van der Waals surface area contributed by atoms with Gasteiger partial charge in [0.25, 0.3) is 0 Å². The Hall–Kier alpha value is -2.39. The Kier molecular flexibility index (Phi) is 6.98. The van der Waals surface area contributed by atoms with E-state index in [1.165, 1.54) is 13.2 Å². The average molecular weight is 405 g/mol. The molecule has 0 amide bonds. The summed E-state index contributed by atoms with van der Waals surface area (Å²) in [4.78, 5) is 10.7. The minimum atomic E-state index is -4.75. The van der Waals surface area contributed by atoms with Crippen molar-refractivity contribution in [2.24, 2.45) is 5.28 Å². The van der Waals surface area contributed by atoms with E-state index in [-0.39, 0.29) is 18.8 Å². The quantitative estimate of drug-likeness (QED) is 0.255. The fourth-order valence-electron chi connectivity index (χ4n) is 2.42. The molecule has 0 aromatic carbocycles. The molecule has 2 rings (SSSR count). The highest BCUT2D eigenvalue weighted by Gasteiger charge is 2.39. The molecule has 2 heterocycles. The molecule has 27 heavy (non-hydrogen) atoms. The fourth-order valence-corrected chi connectivity index (χ4v) is 2.82. The van der Waals surface area contributed by atoms with Crippen molar-refractivity contribution in [3.8, 4) is 11.8 Å². The zero-order valence-electron chi connectivity index (χ0n) is 13.8. The standard InChI is InChI=1S/C14H14F3N5O4S/c1-23-10-3-9(26-22-21-19)11(25-13(10)27)6-24-8-2-7(4-18)12(20-5-8)14(15,16)17/h2,5,9-11,13,27H,3,6H2,1H3/t9-,10-,11-,13-/m1/s1. The van der Waals surface area contributed by atoms with Gasteiger partial charge in [0.05, 0.1) is 17.9 Å². The molecule has 9 nitrogen and oxygen atoms in total. The van der Waals surface area contributed by atoms with Crippen LogP contribution in [0.5, 0.6) is 5.75 Å². The smallest absolute Gasteiger partial charge is 0.434 e. The number of ether oxygens (including phenoxy) is 3. The first kappa shape index (κ1) is 20.9. The van der Waals surface area contributed by atoms with E-state index in [9.17, 15) is 13.2 Å². The zero-order chi connectivity index (χ0) is 20.0. The molecule has 1 aromatic heterocycles. The zero-order valence-corrected chi connectivity index (χ0v) is 14.7. The number of thiol groups is 1. The van der Waals surface area contributed by atoms with Gasteiger partial charge in [0, 0.05) is 24.5 Å². The monoisotopic (exact) mass is 405 g/mol. The van der Waals surface area contributed by atoms with Gasteiger partial charge in [0.2, 0.25) is 0 Å². The lowest BCUT2D eigenvalue weighted by Crippen LogP contribution is -2.48. The molecule has 13 heteroatoms. The van der Waals surface area contributed by atoms with Gasteiger partial charge >= 0.3 is 6.18 Å². The Morgan fingerprint density at radius 2 is 2.26 bits per heavy atom. The molecule has 1 fully saturated rings. The molecule has 0 N–H and O–H groups in total. The molecule has 0 bridgehead atoms. The molecule has 1 aromatic rings. The molecule has 0 saturated carbocycles. The third-order valence-electron chi connectivity index (χ3n) is 3.70. The lowest BCUT2D eigenvalue weighted by molar-refractivity contribution is -0.172. The summed E-state index contributed by atoms with van der Waals surface area (Å²) in [6.07, 6.45) is -5.53. The van der Waals surface area contributed by atoms with Gasteiger partial charge in [0.15, 0.2) is 5.69 Å². The summed E-state index contributed by atoms with van der Waals surface area (Å²) in [5, 5.41) is 11.9. The van der Waals surface area contributed by atoms with Crippen LogP contribution in [0.2, 0.25) is 0 Å². The number of hydrogen-bond donors (Lipinski definition) is 1. The number of alkyl halides is 3. The molecule has 0 unspecified atom stereocenters. The van der Waals surface area contributed by atoms with Crippen LogP contribution < -0.4 is 4.74 Å². The number of azide groups is 1. The maximum Gasteiger partial charge on any atom is 0.434 e. The van der Waals surface area contributed by atoms with Gasteiger partial charge < -0.3 is 19.0 Å². The highest BCUT2D eigenvalue weighted by Crippen LogP contribution is 2.32. The number of hydrogen-bond acceptors (Lipinski definition) is 8. The number of methoxy groups -OCH3 is 1. The minimum absolute atomic E-state index is 0.0599. The third-order valence-corrected chi connectivity index (χ3v) is 4.15. The minimum Gasteiger partial charge on any atom is -0.489 e. The first-order valence-electron chi connectivity index (χ1n) is 7.46. The second-order valence-corrected chi connectivity index (χ2v) is 5.89. The van der Waals surface area contributed by atoms with Crippen LogP contribution in [-0.2, 0) is 20.5 Å². The molecule has 0 aliphatic carbocycles. The van der Waals surface area contributed by atoms with Crippen LogP contribution in [0, 0.1) is 11.3 Å². The van der Waals surface area contributed by atoms with E-state index < -0.39 is 41.2 Å². The van der Waals surface area contributed by atoms with E-state index in [1.54, 1.807) is 0 Å². The first-order valence-corrected chi connectivity index (χ1v) is 7.98. The number of nitriles is 1. The van der Waals surface area contributed by atoms with Crippen molar-refractivity contribution >= 4 is 12.6 Å². The third kappa shape index (κ3) is 5.30. The number of halogens is 3. The van der Waals surface area contributed by atoms with Crippen molar-refractivity contribution in [2.75, 3.05) is 13.7 Å². The summed E-state index contributed by atoms with van der Waals surface area (Å²) in [5.41, 5.74) is 5.82. The average Bonchev–Trinajstić information content (AvgIpc) is 2.64. The first-order chi connectivity index (χ1) is 12.8. The lowest BCUT2D eigenvalue weighted by Gasteiger charge is -2.37. The molecule has 146 valence electrons. The van der Waals surface area contributed by atoms with Gasteiger partial charge in [-0.2, -0.15) is 18.4 Å². The van der Waals surface area contributed by atoms with Gasteiger partial charge in [-0.25, -0.2) is 4.98 Å². The summed E-state index contributed by atoms with van der Waals surface area (Å²) in [7, 11) is 1.45. The SMILES string of the molecule is CO[C@@H]1C[C@@H](ON=[N+]=[N-])[C@@H](COc2cnc(C(F)(F)F)c(C#N)c2)O[C@@H]1S. The van der Waals surface area contributed by atoms with E-state index in [1.807, 2.05) is 0 Å². The molecule has 0 radical (unpaired) electrons. The Balaban J connectivity index is 2.11. The van der Waals surface area contributed by atoms with E-state index in [4.69, 9.17) is 29.8 Å². The van der Waals surface area contributed by atoms with E-state index in [0.29, 0.717) is 0 Å². The van der Waals surface area contributed by atoms with Crippen molar-refractivity contribution in [2.45, 2.75) is 36.3 Å². The molecule has 0 spiro atoms. The van der Waals surface area contributed by atoms with E-state index in [0.717, 1.165) is 12.3 Å². The Morgan fingerprint density at radius 3 is 2.85 bits per heavy atom. The van der Waals surface area contributed by atoms with Crippen LogP contribution in [0.4, 0.5) is 13.2 Å². The number of nitrogens with zero attached hydrogens (tertiary/aromatic N) is 5. The highest BCUT2D eigenvalue weighted by molar-refractivity contribution is 7.80. The number of aromatic nitrogens is 1. The van der Waals surface area contributed by atoms with Crippen molar-refractivity contribution < 1.29 is 32.2 Å². The molecule has 1 aliphatic heterocycles. The van der Waals surface area contributed by atoms with E-state index in [2.05, 4.69) is 27.8 Å². The summed E-state index contributed by atoms with van der Waals surface area (Å²) < 4.78 is 54.5. The molecule has 4 atom stereocenters. The van der Waals surface area contributed by atoms with Gasteiger partial charge in [-0.3, -0.25) is 0 Å². The lowest BCUT2D eigenvalue weighted by atomic mass is 10.0. The Labute approximate surface area is 157 Å². The molecule has 1 aliphatic rings. The van der Waals surface area contributed by atoms with Crippen molar-refractivity contribution in [3.63, 3.8) is 0 Å². The van der Waals surface area contributed by atoms with E-state index >= 15 is 0 Å². The normalized spacial score (nSPS) is 25.2. The predicted molar refractivity (Wildman–Crippen MR) is 86.5 cm³/mol. The van der Waals surface area contributed by atoms with Crippen LogP contribution in [-0.4, -0.2) is 42.4 Å². The summed E-state index contributed by atoms with van der Waals surface area (Å²) in [6, 6.07) is 2.36. The summed E-state index contributed by atoms with van der Waals surface area (Å²) >= 11 is 4.24.